The summed E-state index contributed by atoms with van der Waals surface area (Å²) in [6.07, 6.45) is 1.20. The number of carbonyl (C=O) groups is 1. The minimum absolute atomic E-state index is 0.165. The van der Waals surface area contributed by atoms with Gasteiger partial charge in [-0.2, -0.15) is 13.2 Å². The third kappa shape index (κ3) is 6.39. The highest BCUT2D eigenvalue weighted by molar-refractivity contribution is 5.97. The van der Waals surface area contributed by atoms with Gasteiger partial charge >= 0.3 is 12.1 Å². The molecular weight excluding hydrogens is 421 g/mol. The first kappa shape index (κ1) is 25.0. The Balaban J connectivity index is 2.56. The second-order valence-electron chi connectivity index (χ2n) is 7.75. The number of carboxylic acids is 1. The number of ether oxygens (including phenoxy) is 1. The topological polar surface area (TPSA) is 66.8 Å². The van der Waals surface area contributed by atoms with E-state index in [1.807, 2.05) is 33.8 Å². The molecule has 4 nitrogen and oxygen atoms in total. The number of hydrogen-bond acceptors (Lipinski definition) is 3. The van der Waals surface area contributed by atoms with Crippen LogP contribution in [0.15, 0.2) is 42.0 Å². The number of carboxylic acid groups (broad SMARTS) is 1. The molecule has 0 heterocycles. The van der Waals surface area contributed by atoms with Crippen molar-refractivity contribution in [1.82, 2.24) is 0 Å². The van der Waals surface area contributed by atoms with E-state index in [2.05, 4.69) is 0 Å². The van der Waals surface area contributed by atoms with Crippen LogP contribution in [0, 0.1) is 0 Å². The van der Waals surface area contributed by atoms with E-state index in [9.17, 15) is 28.2 Å². The van der Waals surface area contributed by atoms with Crippen molar-refractivity contribution < 1.29 is 32.9 Å². The van der Waals surface area contributed by atoms with Crippen molar-refractivity contribution in [3.05, 3.63) is 69.8 Å². The molecule has 1 atom stereocenters. The Morgan fingerprint density at radius 2 is 1.78 bits per heavy atom. The molecule has 0 aliphatic carbocycles. The smallest absolute Gasteiger partial charge is 0.416 e. The monoisotopic (exact) mass is 448 g/mol. The highest BCUT2D eigenvalue weighted by atomic mass is 19.4. The number of hydrogen-bond donors (Lipinski definition) is 2. The van der Waals surface area contributed by atoms with Gasteiger partial charge in [-0.05, 0) is 62.9 Å². The number of aromatic hydroxyl groups is 1. The summed E-state index contributed by atoms with van der Waals surface area (Å²) in [7, 11) is 0. The zero-order valence-electron chi connectivity index (χ0n) is 18.5. The van der Waals surface area contributed by atoms with Crippen LogP contribution in [0.1, 0.15) is 66.7 Å². The van der Waals surface area contributed by atoms with Crippen molar-refractivity contribution in [1.29, 1.82) is 0 Å². The van der Waals surface area contributed by atoms with Crippen LogP contribution in [0.2, 0.25) is 0 Å². The van der Waals surface area contributed by atoms with Gasteiger partial charge in [-0.25, -0.2) is 4.79 Å². The highest BCUT2D eigenvalue weighted by Crippen LogP contribution is 2.37. The molecule has 1 unspecified atom stereocenters. The van der Waals surface area contributed by atoms with E-state index >= 15 is 0 Å². The first-order chi connectivity index (χ1) is 14.9. The first-order valence-electron chi connectivity index (χ1n) is 10.2. The molecule has 2 aromatic carbocycles. The Morgan fingerprint density at radius 3 is 2.28 bits per heavy atom. The van der Waals surface area contributed by atoms with Crippen LogP contribution in [-0.2, 0) is 12.6 Å². The average Bonchev–Trinajstić information content (AvgIpc) is 2.70. The van der Waals surface area contributed by atoms with Crippen molar-refractivity contribution in [3.8, 4) is 11.5 Å². The van der Waals surface area contributed by atoms with Gasteiger partial charge in [0.25, 0.3) is 0 Å². The van der Waals surface area contributed by atoms with Gasteiger partial charge in [0.05, 0.1) is 11.7 Å². The summed E-state index contributed by atoms with van der Waals surface area (Å²) in [6.45, 7) is 7.60. The normalized spacial score (nSPS) is 12.6. The third-order valence-corrected chi connectivity index (χ3v) is 4.92. The number of allylic oxidation sites excluding steroid dienone is 2. The molecule has 172 valence electrons. The van der Waals surface area contributed by atoms with Gasteiger partial charge in [0.15, 0.2) is 0 Å². The number of alkyl halides is 3. The summed E-state index contributed by atoms with van der Waals surface area (Å²) in [5.74, 6) is -1.34. The molecule has 0 aliphatic rings. The quantitative estimate of drug-likeness (QED) is 0.338. The Hall–Kier alpha value is -3.22. The molecule has 0 radical (unpaired) electrons. The second-order valence-corrected chi connectivity index (χ2v) is 7.75. The van der Waals surface area contributed by atoms with Gasteiger partial charge < -0.3 is 14.9 Å². The lowest BCUT2D eigenvalue weighted by molar-refractivity contribution is -0.137. The van der Waals surface area contributed by atoms with Crippen molar-refractivity contribution in [2.45, 2.75) is 52.8 Å². The lowest BCUT2D eigenvalue weighted by Gasteiger charge is -2.19. The number of benzene rings is 2. The highest BCUT2D eigenvalue weighted by Gasteiger charge is 2.29. The third-order valence-electron chi connectivity index (χ3n) is 4.92. The maximum absolute atomic E-state index is 12.8. The molecule has 2 aromatic rings. The van der Waals surface area contributed by atoms with Crippen molar-refractivity contribution >= 4 is 18.1 Å². The molecule has 0 bridgehead atoms. The van der Waals surface area contributed by atoms with Crippen LogP contribution in [-0.4, -0.2) is 22.3 Å². The van der Waals surface area contributed by atoms with Crippen LogP contribution < -0.4 is 4.74 Å². The largest absolute Gasteiger partial charge is 0.507 e. The fourth-order valence-electron chi connectivity index (χ4n) is 2.94. The van der Waals surface area contributed by atoms with Crippen LogP contribution in [0.4, 0.5) is 13.2 Å². The summed E-state index contributed by atoms with van der Waals surface area (Å²) in [5, 5.41) is 20.5. The van der Waals surface area contributed by atoms with Gasteiger partial charge in [0.1, 0.15) is 17.1 Å². The summed E-state index contributed by atoms with van der Waals surface area (Å²) in [6, 6.07) is 6.04. The van der Waals surface area contributed by atoms with Crippen LogP contribution in [0.3, 0.4) is 0 Å². The molecule has 2 rings (SSSR count). The zero-order chi connectivity index (χ0) is 24.1. The average molecular weight is 448 g/mol. The lowest BCUT2D eigenvalue weighted by atomic mass is 9.97. The molecule has 0 saturated carbocycles. The van der Waals surface area contributed by atoms with E-state index < -0.39 is 17.7 Å². The Bertz CT molecular complexity index is 1010. The van der Waals surface area contributed by atoms with E-state index in [0.717, 1.165) is 17.7 Å². The fraction of sp³-hybridized carbons (Fsp3) is 0.320. The maximum Gasteiger partial charge on any atom is 0.416 e. The van der Waals surface area contributed by atoms with Crippen molar-refractivity contribution in [3.63, 3.8) is 0 Å². The standard InChI is InChI=1S/C25H27F3O4/c1-5-16(4)32-21-14-18(10-7-17-8-11-19(12-9-17)25(26,27)28)22(24(30)31)23(29)20(21)13-6-15(2)3/h6-12,14,16,29H,5,13H2,1-4H3,(H,30,31)/b10-7+. The SMILES string of the molecule is CCC(C)Oc1cc(/C=C/c2ccc(C(F)(F)F)cc2)c(C(=O)O)c(O)c1CC=C(C)C. The Labute approximate surface area is 185 Å². The number of rotatable bonds is 8. The molecule has 0 aromatic heterocycles. The Morgan fingerprint density at radius 1 is 1.16 bits per heavy atom. The van der Waals surface area contributed by atoms with Gasteiger partial charge in [-0.1, -0.05) is 42.9 Å². The van der Waals surface area contributed by atoms with E-state index in [1.165, 1.54) is 24.3 Å². The minimum Gasteiger partial charge on any atom is -0.507 e. The van der Waals surface area contributed by atoms with Crippen LogP contribution in [0.5, 0.6) is 11.5 Å². The predicted molar refractivity (Wildman–Crippen MR) is 119 cm³/mol. The van der Waals surface area contributed by atoms with Gasteiger partial charge in [-0.3, -0.25) is 0 Å². The van der Waals surface area contributed by atoms with Crippen molar-refractivity contribution in [2.24, 2.45) is 0 Å². The molecule has 0 saturated heterocycles. The zero-order valence-corrected chi connectivity index (χ0v) is 18.5. The number of phenols is 1. The van der Waals surface area contributed by atoms with E-state index in [-0.39, 0.29) is 23.0 Å². The second kappa shape index (κ2) is 10.4. The van der Waals surface area contributed by atoms with Gasteiger partial charge in [0, 0.05) is 5.56 Å². The molecular formula is C25H27F3O4. The van der Waals surface area contributed by atoms with Crippen molar-refractivity contribution in [2.75, 3.05) is 0 Å². The summed E-state index contributed by atoms with van der Waals surface area (Å²) in [4.78, 5) is 11.9. The first-order valence-corrected chi connectivity index (χ1v) is 10.2. The van der Waals surface area contributed by atoms with E-state index in [0.29, 0.717) is 29.7 Å². The summed E-state index contributed by atoms with van der Waals surface area (Å²) < 4.78 is 44.2. The molecule has 7 heteroatoms. The van der Waals surface area contributed by atoms with Crippen LogP contribution in [0.25, 0.3) is 12.2 Å². The lowest BCUT2D eigenvalue weighted by Crippen LogP contribution is -2.13. The fourth-order valence-corrected chi connectivity index (χ4v) is 2.94. The molecule has 0 amide bonds. The minimum atomic E-state index is -4.44. The van der Waals surface area contributed by atoms with Crippen LogP contribution >= 0.6 is 0 Å². The summed E-state index contributed by atoms with van der Waals surface area (Å²) in [5.41, 5.74) is 0.951. The van der Waals surface area contributed by atoms with E-state index in [1.54, 1.807) is 6.07 Å². The number of halogens is 3. The van der Waals surface area contributed by atoms with E-state index in [4.69, 9.17) is 4.74 Å². The predicted octanol–water partition coefficient (Wildman–Crippen LogP) is 6.97. The molecule has 0 fully saturated rings. The molecule has 32 heavy (non-hydrogen) atoms. The van der Waals surface area contributed by atoms with Gasteiger partial charge in [-0.15, -0.1) is 0 Å². The molecule has 2 N–H and O–H groups in total. The maximum atomic E-state index is 12.8. The Kier molecular flexibility index (Phi) is 8.14. The number of aromatic carboxylic acids is 1. The molecule has 0 aliphatic heterocycles. The van der Waals surface area contributed by atoms with Gasteiger partial charge in [0.2, 0.25) is 0 Å². The molecule has 0 spiro atoms. The summed E-state index contributed by atoms with van der Waals surface area (Å²) >= 11 is 0.